The minimum atomic E-state index is -1.09. The predicted octanol–water partition coefficient (Wildman–Crippen LogP) is -1.60. The molecule has 0 aliphatic rings. The number of carbonyl (C=O) groups excluding carboxylic acids is 1. The Balaban J connectivity index is 3.57. The molecule has 0 rings (SSSR count). The molecule has 5 N–H and O–H groups in total. The third kappa shape index (κ3) is 9.27. The van der Waals surface area contributed by atoms with Gasteiger partial charge in [0, 0.05) is 13.0 Å². The highest BCUT2D eigenvalue weighted by atomic mass is 16.5. The summed E-state index contributed by atoms with van der Waals surface area (Å²) in [6.07, 6.45) is -0.124. The van der Waals surface area contributed by atoms with Crippen LogP contribution in [0.15, 0.2) is 0 Å². The van der Waals surface area contributed by atoms with E-state index in [-0.39, 0.29) is 26.0 Å². The van der Waals surface area contributed by atoms with Crippen molar-refractivity contribution in [3.8, 4) is 0 Å². The summed E-state index contributed by atoms with van der Waals surface area (Å²) in [5, 5.41) is 19.0. The molecule has 1 amide bonds. The molecule has 17 heavy (non-hydrogen) atoms. The van der Waals surface area contributed by atoms with Crippen molar-refractivity contribution in [1.29, 1.82) is 0 Å². The lowest BCUT2D eigenvalue weighted by Crippen LogP contribution is -2.42. The van der Waals surface area contributed by atoms with Crippen LogP contribution in [0.3, 0.4) is 0 Å². The number of hydrogen-bond donors (Lipinski definition) is 4. The molecule has 0 aromatic rings. The van der Waals surface area contributed by atoms with Gasteiger partial charge in [0.15, 0.2) is 0 Å². The van der Waals surface area contributed by atoms with Crippen LogP contribution in [-0.4, -0.2) is 53.9 Å². The van der Waals surface area contributed by atoms with E-state index in [0.717, 1.165) is 0 Å². The van der Waals surface area contributed by atoms with E-state index in [1.54, 1.807) is 0 Å². The average Bonchev–Trinajstić information content (AvgIpc) is 2.24. The number of amides is 1. The molecule has 0 bridgehead atoms. The van der Waals surface area contributed by atoms with Gasteiger partial charge in [0.05, 0.1) is 12.6 Å². The van der Waals surface area contributed by atoms with Crippen LogP contribution in [-0.2, 0) is 19.1 Å². The number of ether oxygens (including phenoxy) is 1. The van der Waals surface area contributed by atoms with Gasteiger partial charge in [-0.25, -0.2) is 4.79 Å². The van der Waals surface area contributed by atoms with E-state index in [9.17, 15) is 14.4 Å². The number of nitrogens with two attached hydrogens (primary N) is 1. The second-order valence-corrected chi connectivity index (χ2v) is 3.28. The van der Waals surface area contributed by atoms with Gasteiger partial charge in [-0.3, -0.25) is 9.59 Å². The monoisotopic (exact) mass is 248 g/mol. The van der Waals surface area contributed by atoms with E-state index in [1.165, 1.54) is 0 Å². The van der Waals surface area contributed by atoms with Gasteiger partial charge < -0.3 is 26.0 Å². The molecule has 0 aliphatic heterocycles. The van der Waals surface area contributed by atoms with Crippen molar-refractivity contribution in [2.75, 3.05) is 19.8 Å². The van der Waals surface area contributed by atoms with Crippen molar-refractivity contribution in [3.63, 3.8) is 0 Å². The Kier molecular flexibility index (Phi) is 7.65. The van der Waals surface area contributed by atoms with Crippen LogP contribution in [0.1, 0.15) is 12.8 Å². The zero-order valence-corrected chi connectivity index (χ0v) is 9.22. The molecule has 8 nitrogen and oxygen atoms in total. The molecule has 0 heterocycles. The zero-order chi connectivity index (χ0) is 13.3. The van der Waals surface area contributed by atoms with Gasteiger partial charge in [0.25, 0.3) is 0 Å². The lowest BCUT2D eigenvalue weighted by molar-refractivity contribution is -0.142. The molecule has 0 saturated heterocycles. The Labute approximate surface area is 97.7 Å². The van der Waals surface area contributed by atoms with Gasteiger partial charge in [0.1, 0.15) is 6.61 Å². The summed E-state index contributed by atoms with van der Waals surface area (Å²) < 4.78 is 4.67. The number of rotatable bonds is 9. The fraction of sp³-hybridized carbons (Fsp3) is 0.667. The van der Waals surface area contributed by atoms with E-state index in [1.807, 2.05) is 0 Å². The number of carbonyl (C=O) groups is 3. The third-order valence-corrected chi connectivity index (χ3v) is 1.78. The third-order valence-electron chi connectivity index (χ3n) is 1.78. The minimum absolute atomic E-state index is 0.0527. The topological polar surface area (TPSA) is 139 Å². The Bertz CT molecular complexity index is 281. The van der Waals surface area contributed by atoms with E-state index >= 15 is 0 Å². The van der Waals surface area contributed by atoms with E-state index in [4.69, 9.17) is 15.9 Å². The molecular weight excluding hydrogens is 232 g/mol. The average molecular weight is 248 g/mol. The first-order valence-corrected chi connectivity index (χ1v) is 4.98. The summed E-state index contributed by atoms with van der Waals surface area (Å²) in [5.41, 5.74) is 5.42. The van der Waals surface area contributed by atoms with Crippen molar-refractivity contribution in [3.05, 3.63) is 0 Å². The zero-order valence-electron chi connectivity index (χ0n) is 9.22. The smallest absolute Gasteiger partial charge is 0.329 e. The normalized spacial score (nSPS) is 11.8. The van der Waals surface area contributed by atoms with Gasteiger partial charge in [-0.15, -0.1) is 0 Å². The van der Waals surface area contributed by atoms with Crippen molar-refractivity contribution >= 4 is 17.8 Å². The lowest BCUT2D eigenvalue weighted by atomic mass is 10.1. The molecule has 0 radical (unpaired) electrons. The largest absolute Gasteiger partial charge is 0.481 e. The Hall–Kier alpha value is -1.67. The summed E-state index contributed by atoms with van der Waals surface area (Å²) in [7, 11) is 0. The van der Waals surface area contributed by atoms with Crippen LogP contribution in [0, 0.1) is 0 Å². The van der Waals surface area contributed by atoms with Crippen LogP contribution in [0.5, 0.6) is 0 Å². The molecule has 98 valence electrons. The van der Waals surface area contributed by atoms with Crippen LogP contribution < -0.4 is 11.1 Å². The highest BCUT2D eigenvalue weighted by molar-refractivity contribution is 5.82. The first kappa shape index (κ1) is 15.3. The van der Waals surface area contributed by atoms with Crippen molar-refractivity contribution in [2.45, 2.75) is 18.9 Å². The van der Waals surface area contributed by atoms with Gasteiger partial charge in [-0.1, -0.05) is 0 Å². The van der Waals surface area contributed by atoms with Crippen LogP contribution in [0.2, 0.25) is 0 Å². The van der Waals surface area contributed by atoms with Crippen LogP contribution in [0.25, 0.3) is 0 Å². The number of nitrogens with one attached hydrogen (secondary N) is 1. The highest BCUT2D eigenvalue weighted by Crippen LogP contribution is 1.94. The molecule has 1 unspecified atom stereocenters. The van der Waals surface area contributed by atoms with Crippen molar-refractivity contribution in [1.82, 2.24) is 5.32 Å². The quantitative estimate of drug-likeness (QED) is 0.360. The summed E-state index contributed by atoms with van der Waals surface area (Å²) in [4.78, 5) is 31.5. The maximum atomic E-state index is 11.3. The molecule has 0 aromatic carbocycles. The van der Waals surface area contributed by atoms with Crippen molar-refractivity contribution < 1.29 is 29.3 Å². The standard InChI is InChI=1S/C9H16N2O6/c10-6(1-2-7(12)13)9(16)11-3-4-17-5-8(14)15/h6H,1-5,10H2,(H,11,16)(H,12,13)(H,14,15). The Morgan fingerprint density at radius 2 is 1.88 bits per heavy atom. The van der Waals surface area contributed by atoms with Gasteiger partial charge in [-0.2, -0.15) is 0 Å². The van der Waals surface area contributed by atoms with Crippen molar-refractivity contribution in [2.24, 2.45) is 5.73 Å². The second-order valence-electron chi connectivity index (χ2n) is 3.28. The number of carboxylic acid groups (broad SMARTS) is 2. The maximum absolute atomic E-state index is 11.3. The number of carboxylic acids is 2. The van der Waals surface area contributed by atoms with E-state index in [2.05, 4.69) is 10.1 Å². The van der Waals surface area contributed by atoms with Crippen LogP contribution >= 0.6 is 0 Å². The molecule has 0 spiro atoms. The lowest BCUT2D eigenvalue weighted by Gasteiger charge is -2.10. The molecule has 0 fully saturated rings. The molecule has 0 saturated carbocycles. The summed E-state index contributed by atoms with van der Waals surface area (Å²) in [6.45, 7) is -0.239. The van der Waals surface area contributed by atoms with Crippen LogP contribution in [0.4, 0.5) is 0 Å². The second kappa shape index (κ2) is 8.48. The Morgan fingerprint density at radius 1 is 1.24 bits per heavy atom. The molecule has 0 aliphatic carbocycles. The van der Waals surface area contributed by atoms with E-state index in [0.29, 0.717) is 0 Å². The minimum Gasteiger partial charge on any atom is -0.481 e. The molecule has 1 atom stereocenters. The molecular formula is C9H16N2O6. The van der Waals surface area contributed by atoms with Gasteiger partial charge >= 0.3 is 11.9 Å². The number of hydrogen-bond acceptors (Lipinski definition) is 5. The summed E-state index contributed by atoms with van der Waals surface area (Å²) in [6, 6.07) is -0.884. The Morgan fingerprint density at radius 3 is 2.41 bits per heavy atom. The summed E-state index contributed by atoms with van der Waals surface area (Å²) in [5.74, 6) is -2.59. The number of aliphatic carboxylic acids is 2. The van der Waals surface area contributed by atoms with E-state index < -0.39 is 30.5 Å². The molecule has 0 aromatic heterocycles. The fourth-order valence-electron chi connectivity index (χ4n) is 0.947. The first-order chi connectivity index (χ1) is 7.93. The molecule has 8 heteroatoms. The van der Waals surface area contributed by atoms with Gasteiger partial charge in [0.2, 0.25) is 5.91 Å². The first-order valence-electron chi connectivity index (χ1n) is 4.98. The fourth-order valence-corrected chi connectivity index (χ4v) is 0.947. The maximum Gasteiger partial charge on any atom is 0.329 e. The highest BCUT2D eigenvalue weighted by Gasteiger charge is 2.13. The SMILES string of the molecule is NC(CCC(=O)O)C(=O)NCCOCC(=O)O. The van der Waals surface area contributed by atoms with Gasteiger partial charge in [-0.05, 0) is 6.42 Å². The summed E-state index contributed by atoms with van der Waals surface area (Å²) >= 11 is 0. The predicted molar refractivity (Wildman–Crippen MR) is 56.3 cm³/mol.